The Labute approximate surface area is 195 Å². The van der Waals surface area contributed by atoms with Gasteiger partial charge in [-0.15, -0.1) is 23.7 Å². The van der Waals surface area contributed by atoms with E-state index < -0.39 is 23.0 Å². The van der Waals surface area contributed by atoms with Crippen molar-refractivity contribution in [2.24, 2.45) is 0 Å². The number of nitrogens with zero attached hydrogens (tertiary/aromatic N) is 4. The molecule has 0 bridgehead atoms. The van der Waals surface area contributed by atoms with E-state index in [2.05, 4.69) is 33.7 Å². The molecule has 1 aliphatic heterocycles. The number of carbonyl (C=O) groups is 1. The summed E-state index contributed by atoms with van der Waals surface area (Å²) in [5.74, 6) is -2.40. The third-order valence-corrected chi connectivity index (χ3v) is 6.58. The summed E-state index contributed by atoms with van der Waals surface area (Å²) in [6, 6.07) is 3.37. The zero-order chi connectivity index (χ0) is 22.0. The molecule has 3 aromatic rings. The third-order valence-electron chi connectivity index (χ3n) is 5.38. The second-order valence-corrected chi connectivity index (χ2v) is 8.58. The Balaban J connectivity index is 0.00000289. The molecular formula is C23H23ClF2N4OS. The smallest absolute Gasteiger partial charge is 0.185 e. The van der Waals surface area contributed by atoms with E-state index >= 15 is 0 Å². The molecule has 0 saturated carbocycles. The van der Waals surface area contributed by atoms with Crippen LogP contribution in [-0.2, 0) is 12.8 Å². The van der Waals surface area contributed by atoms with Crippen molar-refractivity contribution in [1.82, 2.24) is 15.0 Å². The summed E-state index contributed by atoms with van der Waals surface area (Å²) in [5.41, 5.74) is 2.91. The fourth-order valence-electron chi connectivity index (χ4n) is 3.55. The van der Waals surface area contributed by atoms with Gasteiger partial charge in [-0.3, -0.25) is 14.8 Å². The number of ketones is 1. The van der Waals surface area contributed by atoms with Crippen molar-refractivity contribution < 1.29 is 13.6 Å². The number of aryl methyl sites for hydroxylation is 1. The van der Waals surface area contributed by atoms with Crippen molar-refractivity contribution in [3.63, 3.8) is 0 Å². The van der Waals surface area contributed by atoms with Gasteiger partial charge in [0.2, 0.25) is 0 Å². The summed E-state index contributed by atoms with van der Waals surface area (Å²) in [6.07, 6.45) is 6.72. The highest BCUT2D eigenvalue weighted by molar-refractivity contribution is 7.15. The predicted molar refractivity (Wildman–Crippen MR) is 125 cm³/mol. The van der Waals surface area contributed by atoms with Gasteiger partial charge in [0.15, 0.2) is 10.9 Å². The molecule has 0 radical (unpaired) electrons. The Kier molecular flexibility index (Phi) is 7.69. The molecule has 3 heterocycles. The monoisotopic (exact) mass is 476 g/mol. The highest BCUT2D eigenvalue weighted by atomic mass is 35.5. The molecule has 1 aliphatic rings. The standard InChI is InChI=1S/C23H22F2N4OS.ClH/c1-3-16-11-28-23(31-16)29-8-7-14(2)17(13-29)20-12-26-15(10-27-20)9-21(30)22-18(24)5-4-6-19(22)25;/h4-6,10-12H,3,7-9,13H2,1-2H3;1H. The first-order valence-electron chi connectivity index (χ1n) is 10.1. The summed E-state index contributed by atoms with van der Waals surface area (Å²) >= 11 is 1.70. The van der Waals surface area contributed by atoms with Gasteiger partial charge < -0.3 is 4.90 Å². The van der Waals surface area contributed by atoms with E-state index in [0.717, 1.165) is 47.9 Å². The summed E-state index contributed by atoms with van der Waals surface area (Å²) in [5, 5.41) is 1.00. The van der Waals surface area contributed by atoms with Crippen molar-refractivity contribution in [2.75, 3.05) is 18.0 Å². The average Bonchev–Trinajstić information content (AvgIpc) is 3.24. The van der Waals surface area contributed by atoms with Crippen LogP contribution < -0.4 is 4.90 Å². The fraction of sp³-hybridized carbons (Fsp3) is 0.304. The van der Waals surface area contributed by atoms with Crippen LogP contribution in [0.3, 0.4) is 0 Å². The summed E-state index contributed by atoms with van der Waals surface area (Å²) in [7, 11) is 0. The Morgan fingerprint density at radius 2 is 1.88 bits per heavy atom. The second-order valence-electron chi connectivity index (χ2n) is 7.48. The number of aromatic nitrogens is 3. The Bertz CT molecular complexity index is 1130. The average molecular weight is 477 g/mol. The second kappa shape index (κ2) is 10.3. The summed E-state index contributed by atoms with van der Waals surface area (Å²) in [6.45, 7) is 5.80. The van der Waals surface area contributed by atoms with E-state index in [9.17, 15) is 13.6 Å². The lowest BCUT2D eigenvalue weighted by molar-refractivity contribution is 0.0983. The summed E-state index contributed by atoms with van der Waals surface area (Å²) in [4.78, 5) is 29.2. The first-order chi connectivity index (χ1) is 15.0. The maximum Gasteiger partial charge on any atom is 0.185 e. The van der Waals surface area contributed by atoms with E-state index in [1.165, 1.54) is 22.7 Å². The van der Waals surface area contributed by atoms with Gasteiger partial charge in [-0.05, 0) is 37.5 Å². The molecule has 0 aliphatic carbocycles. The molecule has 32 heavy (non-hydrogen) atoms. The number of carbonyl (C=O) groups excluding carboxylic acids is 1. The van der Waals surface area contributed by atoms with Crippen LogP contribution in [0.1, 0.15) is 46.9 Å². The zero-order valence-corrected chi connectivity index (χ0v) is 19.4. The van der Waals surface area contributed by atoms with E-state index in [1.807, 2.05) is 6.20 Å². The number of rotatable bonds is 6. The van der Waals surface area contributed by atoms with E-state index in [1.54, 1.807) is 17.5 Å². The lowest BCUT2D eigenvalue weighted by atomic mass is 9.99. The van der Waals surface area contributed by atoms with Crippen molar-refractivity contribution in [1.29, 1.82) is 0 Å². The van der Waals surface area contributed by atoms with Gasteiger partial charge >= 0.3 is 0 Å². The number of Topliss-reactive ketones (excluding diaryl/α,β-unsaturated/α-hetero) is 1. The lowest BCUT2D eigenvalue weighted by Gasteiger charge is -2.29. The molecule has 2 aromatic heterocycles. The van der Waals surface area contributed by atoms with Crippen LogP contribution in [0.15, 0.2) is 42.4 Å². The van der Waals surface area contributed by atoms with Crippen LogP contribution in [0.4, 0.5) is 13.9 Å². The van der Waals surface area contributed by atoms with Gasteiger partial charge in [0.25, 0.3) is 0 Å². The molecule has 0 spiro atoms. The van der Waals surface area contributed by atoms with Gasteiger partial charge in [0.05, 0.1) is 29.6 Å². The molecule has 0 amide bonds. The fourth-order valence-corrected chi connectivity index (χ4v) is 4.42. The van der Waals surface area contributed by atoms with Crippen LogP contribution in [0, 0.1) is 11.6 Å². The van der Waals surface area contributed by atoms with E-state index in [4.69, 9.17) is 0 Å². The Morgan fingerprint density at radius 3 is 2.50 bits per heavy atom. The minimum Gasteiger partial charge on any atom is -0.343 e. The van der Waals surface area contributed by atoms with Crippen LogP contribution >= 0.6 is 23.7 Å². The largest absolute Gasteiger partial charge is 0.343 e. The number of thiazole rings is 1. The van der Waals surface area contributed by atoms with Gasteiger partial charge in [-0.25, -0.2) is 13.8 Å². The van der Waals surface area contributed by atoms with Gasteiger partial charge in [-0.2, -0.15) is 0 Å². The molecule has 0 N–H and O–H groups in total. The number of benzene rings is 1. The van der Waals surface area contributed by atoms with Crippen molar-refractivity contribution >= 4 is 40.2 Å². The van der Waals surface area contributed by atoms with Crippen molar-refractivity contribution in [3.8, 4) is 0 Å². The quantitative estimate of drug-likeness (QED) is 0.451. The maximum absolute atomic E-state index is 13.8. The summed E-state index contributed by atoms with van der Waals surface area (Å²) < 4.78 is 27.7. The highest BCUT2D eigenvalue weighted by Crippen LogP contribution is 2.31. The highest BCUT2D eigenvalue weighted by Gasteiger charge is 2.22. The van der Waals surface area contributed by atoms with Crippen LogP contribution in [0.5, 0.6) is 0 Å². The molecule has 168 valence electrons. The van der Waals surface area contributed by atoms with Gasteiger partial charge in [-0.1, -0.05) is 18.6 Å². The predicted octanol–water partition coefficient (Wildman–Crippen LogP) is 5.30. The SMILES string of the molecule is CCc1cnc(N2CCC(C)=C(c3cnc(CC(=O)c4c(F)cccc4F)cn3)C2)s1.Cl. The lowest BCUT2D eigenvalue weighted by Crippen LogP contribution is -2.31. The van der Waals surface area contributed by atoms with Crippen LogP contribution in [0.25, 0.3) is 5.57 Å². The van der Waals surface area contributed by atoms with Crippen LogP contribution in [0.2, 0.25) is 0 Å². The molecule has 4 rings (SSSR count). The molecule has 0 fully saturated rings. The molecule has 0 unspecified atom stereocenters. The maximum atomic E-state index is 13.8. The molecule has 9 heteroatoms. The first kappa shape index (κ1) is 23.9. The molecular weight excluding hydrogens is 454 g/mol. The van der Waals surface area contributed by atoms with Gasteiger partial charge in [0, 0.05) is 30.4 Å². The van der Waals surface area contributed by atoms with E-state index in [0.29, 0.717) is 12.2 Å². The molecule has 0 atom stereocenters. The third kappa shape index (κ3) is 5.02. The van der Waals surface area contributed by atoms with Crippen molar-refractivity contribution in [2.45, 2.75) is 33.1 Å². The Morgan fingerprint density at radius 1 is 1.12 bits per heavy atom. The molecule has 1 aromatic carbocycles. The number of hydrogen-bond acceptors (Lipinski definition) is 6. The van der Waals surface area contributed by atoms with Gasteiger partial charge in [0.1, 0.15) is 11.6 Å². The first-order valence-corrected chi connectivity index (χ1v) is 10.9. The Hall–Kier alpha value is -2.71. The topological polar surface area (TPSA) is 59.0 Å². The van der Waals surface area contributed by atoms with Crippen LogP contribution in [-0.4, -0.2) is 33.8 Å². The number of halogens is 3. The zero-order valence-electron chi connectivity index (χ0n) is 17.8. The minimum absolute atomic E-state index is 0. The molecule has 5 nitrogen and oxygen atoms in total. The minimum atomic E-state index is -0.869. The van der Waals surface area contributed by atoms with Crippen molar-refractivity contribution in [3.05, 3.63) is 75.8 Å². The number of anilines is 1. The molecule has 0 saturated heterocycles. The van der Waals surface area contributed by atoms with E-state index in [-0.39, 0.29) is 18.8 Å². The number of hydrogen-bond donors (Lipinski definition) is 0. The normalized spacial score (nSPS) is 13.8.